The lowest BCUT2D eigenvalue weighted by Gasteiger charge is -2.13. The smallest absolute Gasteiger partial charge is 0.161 e. The van der Waals surface area contributed by atoms with E-state index in [0.29, 0.717) is 31.3 Å². The second-order valence-electron chi connectivity index (χ2n) is 4.27. The highest BCUT2D eigenvalue weighted by Crippen LogP contribution is 2.28. The third-order valence-electron chi connectivity index (χ3n) is 2.70. The normalized spacial score (nSPS) is 10.2. The van der Waals surface area contributed by atoms with Crippen LogP contribution in [0.1, 0.15) is 6.92 Å². The molecule has 0 atom stereocenters. The number of ether oxygens (including phenoxy) is 3. The van der Waals surface area contributed by atoms with Gasteiger partial charge in [0.25, 0.3) is 0 Å². The Morgan fingerprint density at radius 3 is 2.19 bits per heavy atom. The van der Waals surface area contributed by atoms with Crippen molar-refractivity contribution in [2.45, 2.75) is 6.92 Å². The lowest BCUT2D eigenvalue weighted by Crippen LogP contribution is -2.10. The molecule has 0 fully saturated rings. The number of para-hydroxylation sites is 2. The molecular weight excluding hydrogens is 334 g/mol. The molecule has 0 aromatic heterocycles. The highest BCUT2D eigenvalue weighted by atomic mass is 79.9. The standard InChI is InChI=1S/C16H18BrNO3/c1-2-19-14-5-3-4-6-15(14)20-9-10-21-16-11-12(18)7-8-13(16)17/h3-8,11H,2,9-10,18H2,1H3. The molecule has 0 aliphatic heterocycles. The van der Waals surface area contributed by atoms with Gasteiger partial charge in [-0.05, 0) is 47.1 Å². The summed E-state index contributed by atoms with van der Waals surface area (Å²) in [5, 5.41) is 0. The molecule has 0 amide bonds. The van der Waals surface area contributed by atoms with Crippen LogP contribution in [0.15, 0.2) is 46.9 Å². The summed E-state index contributed by atoms with van der Waals surface area (Å²) in [4.78, 5) is 0. The number of benzene rings is 2. The Kier molecular flexibility index (Phi) is 5.75. The van der Waals surface area contributed by atoms with Crippen LogP contribution in [-0.4, -0.2) is 19.8 Å². The van der Waals surface area contributed by atoms with Crippen molar-refractivity contribution in [1.29, 1.82) is 0 Å². The van der Waals surface area contributed by atoms with Crippen LogP contribution >= 0.6 is 15.9 Å². The quantitative estimate of drug-likeness (QED) is 0.607. The van der Waals surface area contributed by atoms with Crippen LogP contribution in [0.5, 0.6) is 17.2 Å². The van der Waals surface area contributed by atoms with Crippen molar-refractivity contribution in [3.05, 3.63) is 46.9 Å². The van der Waals surface area contributed by atoms with Crippen molar-refractivity contribution in [2.24, 2.45) is 0 Å². The topological polar surface area (TPSA) is 53.7 Å². The predicted octanol–water partition coefficient (Wildman–Crippen LogP) is 3.89. The Morgan fingerprint density at radius 1 is 0.905 bits per heavy atom. The highest BCUT2D eigenvalue weighted by molar-refractivity contribution is 9.10. The lowest BCUT2D eigenvalue weighted by atomic mass is 10.3. The SMILES string of the molecule is CCOc1ccccc1OCCOc1cc(N)ccc1Br. The minimum Gasteiger partial charge on any atom is -0.490 e. The summed E-state index contributed by atoms with van der Waals surface area (Å²) in [6.07, 6.45) is 0. The van der Waals surface area contributed by atoms with E-state index in [0.717, 1.165) is 16.0 Å². The minimum atomic E-state index is 0.419. The Bertz CT molecular complexity index is 589. The zero-order valence-corrected chi connectivity index (χ0v) is 13.4. The number of nitrogen functional groups attached to an aromatic ring is 1. The molecule has 0 unspecified atom stereocenters. The first kappa shape index (κ1) is 15.5. The van der Waals surface area contributed by atoms with Gasteiger partial charge in [0.1, 0.15) is 19.0 Å². The summed E-state index contributed by atoms with van der Waals surface area (Å²) in [5.74, 6) is 2.16. The van der Waals surface area contributed by atoms with E-state index in [-0.39, 0.29) is 0 Å². The third-order valence-corrected chi connectivity index (χ3v) is 3.36. The highest BCUT2D eigenvalue weighted by Gasteiger charge is 2.04. The van der Waals surface area contributed by atoms with Crippen LogP contribution in [0.2, 0.25) is 0 Å². The van der Waals surface area contributed by atoms with Crippen LogP contribution in [0.3, 0.4) is 0 Å². The van der Waals surface area contributed by atoms with Gasteiger partial charge < -0.3 is 19.9 Å². The lowest BCUT2D eigenvalue weighted by molar-refractivity contribution is 0.208. The number of anilines is 1. The number of hydrogen-bond donors (Lipinski definition) is 1. The maximum atomic E-state index is 5.73. The summed E-state index contributed by atoms with van der Waals surface area (Å²) in [5.41, 5.74) is 6.39. The predicted molar refractivity (Wildman–Crippen MR) is 87.2 cm³/mol. The molecule has 2 aromatic rings. The zero-order chi connectivity index (χ0) is 15.1. The van der Waals surface area contributed by atoms with Crippen molar-refractivity contribution in [3.8, 4) is 17.2 Å². The van der Waals surface area contributed by atoms with Crippen LogP contribution in [0.4, 0.5) is 5.69 Å². The zero-order valence-electron chi connectivity index (χ0n) is 11.8. The van der Waals surface area contributed by atoms with Crippen molar-refractivity contribution in [1.82, 2.24) is 0 Å². The minimum absolute atomic E-state index is 0.419. The molecule has 0 aliphatic rings. The van der Waals surface area contributed by atoms with E-state index in [2.05, 4.69) is 15.9 Å². The second-order valence-corrected chi connectivity index (χ2v) is 5.12. The fourth-order valence-electron chi connectivity index (χ4n) is 1.78. The molecule has 0 saturated heterocycles. The summed E-state index contributed by atoms with van der Waals surface area (Å²) in [7, 11) is 0. The van der Waals surface area contributed by atoms with Crippen LogP contribution in [-0.2, 0) is 0 Å². The summed E-state index contributed by atoms with van der Waals surface area (Å²) in [6.45, 7) is 3.39. The summed E-state index contributed by atoms with van der Waals surface area (Å²) in [6, 6.07) is 13.0. The molecule has 2 N–H and O–H groups in total. The molecule has 4 nitrogen and oxygen atoms in total. The monoisotopic (exact) mass is 351 g/mol. The molecule has 2 rings (SSSR count). The Balaban J connectivity index is 1.86. The van der Waals surface area contributed by atoms with Gasteiger partial charge in [-0.1, -0.05) is 12.1 Å². The first-order valence-corrected chi connectivity index (χ1v) is 7.52. The Hall–Kier alpha value is -1.88. The first-order chi connectivity index (χ1) is 10.2. The van der Waals surface area contributed by atoms with Gasteiger partial charge in [0, 0.05) is 11.8 Å². The first-order valence-electron chi connectivity index (χ1n) is 6.73. The van der Waals surface area contributed by atoms with Gasteiger partial charge in [0.05, 0.1) is 11.1 Å². The van der Waals surface area contributed by atoms with Crippen LogP contribution < -0.4 is 19.9 Å². The molecule has 5 heteroatoms. The van der Waals surface area contributed by atoms with E-state index in [1.54, 1.807) is 6.07 Å². The maximum absolute atomic E-state index is 5.73. The van der Waals surface area contributed by atoms with Crippen molar-refractivity contribution < 1.29 is 14.2 Å². The molecule has 0 aliphatic carbocycles. The molecule has 0 bridgehead atoms. The van der Waals surface area contributed by atoms with E-state index in [1.807, 2.05) is 43.3 Å². The molecule has 2 aromatic carbocycles. The van der Waals surface area contributed by atoms with Gasteiger partial charge in [0.15, 0.2) is 11.5 Å². The van der Waals surface area contributed by atoms with Crippen molar-refractivity contribution in [2.75, 3.05) is 25.6 Å². The average molecular weight is 352 g/mol. The Labute approximate surface area is 132 Å². The summed E-state index contributed by atoms with van der Waals surface area (Å²) < 4.78 is 17.7. The molecule has 0 saturated carbocycles. The van der Waals surface area contributed by atoms with E-state index in [4.69, 9.17) is 19.9 Å². The largest absolute Gasteiger partial charge is 0.490 e. The molecule has 0 heterocycles. The van der Waals surface area contributed by atoms with Gasteiger partial charge >= 0.3 is 0 Å². The van der Waals surface area contributed by atoms with Crippen molar-refractivity contribution in [3.63, 3.8) is 0 Å². The van der Waals surface area contributed by atoms with Crippen molar-refractivity contribution >= 4 is 21.6 Å². The average Bonchev–Trinajstić information content (AvgIpc) is 2.49. The third kappa shape index (κ3) is 4.56. The van der Waals surface area contributed by atoms with Crippen LogP contribution in [0, 0.1) is 0 Å². The van der Waals surface area contributed by atoms with Gasteiger partial charge in [-0.2, -0.15) is 0 Å². The second kappa shape index (κ2) is 7.78. The van der Waals surface area contributed by atoms with E-state index >= 15 is 0 Å². The molecule has 0 spiro atoms. The maximum Gasteiger partial charge on any atom is 0.161 e. The van der Waals surface area contributed by atoms with E-state index in [1.165, 1.54) is 0 Å². The molecular formula is C16H18BrNO3. The Morgan fingerprint density at radius 2 is 1.52 bits per heavy atom. The van der Waals surface area contributed by atoms with E-state index in [9.17, 15) is 0 Å². The van der Waals surface area contributed by atoms with Gasteiger partial charge in [0.2, 0.25) is 0 Å². The molecule has 0 radical (unpaired) electrons. The van der Waals surface area contributed by atoms with Crippen LogP contribution in [0.25, 0.3) is 0 Å². The number of nitrogens with two attached hydrogens (primary N) is 1. The van der Waals surface area contributed by atoms with E-state index < -0.39 is 0 Å². The van der Waals surface area contributed by atoms with Gasteiger partial charge in [-0.25, -0.2) is 0 Å². The van der Waals surface area contributed by atoms with Gasteiger partial charge in [-0.15, -0.1) is 0 Å². The molecule has 21 heavy (non-hydrogen) atoms. The number of hydrogen-bond acceptors (Lipinski definition) is 4. The molecule has 112 valence electrons. The fourth-order valence-corrected chi connectivity index (χ4v) is 2.14. The summed E-state index contributed by atoms with van der Waals surface area (Å²) >= 11 is 3.42. The van der Waals surface area contributed by atoms with Gasteiger partial charge in [-0.3, -0.25) is 0 Å². The number of rotatable bonds is 7. The fraction of sp³-hybridized carbons (Fsp3) is 0.250. The number of halogens is 1.